The van der Waals surface area contributed by atoms with Crippen molar-refractivity contribution in [2.75, 3.05) is 20.0 Å². The molecule has 0 bridgehead atoms. The minimum atomic E-state index is 0.104. The van der Waals surface area contributed by atoms with Crippen molar-refractivity contribution in [3.8, 4) is 5.75 Å². The van der Waals surface area contributed by atoms with Crippen LogP contribution in [-0.4, -0.2) is 25.0 Å². The lowest BCUT2D eigenvalue weighted by atomic mass is 10.1. The van der Waals surface area contributed by atoms with Crippen molar-refractivity contribution in [2.45, 2.75) is 11.9 Å². The van der Waals surface area contributed by atoms with Crippen LogP contribution in [0.25, 0.3) is 0 Å². The van der Waals surface area contributed by atoms with E-state index in [1.54, 1.807) is 14.2 Å². The molecular formula is C16H19NO2S. The molecule has 0 saturated carbocycles. The molecule has 1 aromatic heterocycles. The van der Waals surface area contributed by atoms with Crippen LogP contribution in [-0.2, 0) is 10.5 Å². The highest BCUT2D eigenvalue weighted by molar-refractivity contribution is 7.98. The van der Waals surface area contributed by atoms with E-state index in [1.807, 2.05) is 48.4 Å². The van der Waals surface area contributed by atoms with Gasteiger partial charge in [-0.2, -0.15) is 11.8 Å². The Bertz CT molecular complexity index is 502. The number of nitrogens with zero attached hydrogens (tertiary/aromatic N) is 1. The molecule has 106 valence electrons. The molecule has 3 nitrogen and oxygen atoms in total. The smallest absolute Gasteiger partial charge is 0.118 e. The predicted molar refractivity (Wildman–Crippen MR) is 83.1 cm³/mol. The van der Waals surface area contributed by atoms with Crippen LogP contribution in [0.4, 0.5) is 0 Å². The fraction of sp³-hybridized carbons (Fsp3) is 0.312. The fourth-order valence-electron chi connectivity index (χ4n) is 1.88. The normalized spacial score (nSPS) is 12.1. The van der Waals surface area contributed by atoms with E-state index in [2.05, 4.69) is 17.1 Å². The monoisotopic (exact) mass is 289 g/mol. The van der Waals surface area contributed by atoms with E-state index in [4.69, 9.17) is 9.47 Å². The van der Waals surface area contributed by atoms with Gasteiger partial charge in [-0.25, -0.2) is 0 Å². The second kappa shape index (κ2) is 7.92. The van der Waals surface area contributed by atoms with Gasteiger partial charge in [-0.1, -0.05) is 12.1 Å². The summed E-state index contributed by atoms with van der Waals surface area (Å²) in [5.74, 6) is 2.76. The van der Waals surface area contributed by atoms with Crippen LogP contribution in [0.2, 0.25) is 0 Å². The van der Waals surface area contributed by atoms with Crippen LogP contribution >= 0.6 is 11.8 Å². The summed E-state index contributed by atoms with van der Waals surface area (Å²) in [5, 5.41) is 0. The van der Waals surface area contributed by atoms with E-state index < -0.39 is 0 Å². The number of thioether (sulfide) groups is 1. The molecule has 0 N–H and O–H groups in total. The number of pyridine rings is 1. The van der Waals surface area contributed by atoms with Crippen molar-refractivity contribution in [2.24, 2.45) is 0 Å². The van der Waals surface area contributed by atoms with E-state index in [1.165, 1.54) is 11.1 Å². The summed E-state index contributed by atoms with van der Waals surface area (Å²) in [6.45, 7) is 0. The lowest BCUT2D eigenvalue weighted by Crippen LogP contribution is -2.04. The molecule has 0 radical (unpaired) electrons. The number of hydrogen-bond donors (Lipinski definition) is 0. The number of hydrogen-bond acceptors (Lipinski definition) is 4. The molecular weight excluding hydrogens is 270 g/mol. The Kier molecular flexibility index (Phi) is 5.89. The van der Waals surface area contributed by atoms with E-state index in [0.717, 1.165) is 17.3 Å². The van der Waals surface area contributed by atoms with Gasteiger partial charge >= 0.3 is 0 Å². The van der Waals surface area contributed by atoms with Crippen LogP contribution in [0.1, 0.15) is 17.2 Å². The summed E-state index contributed by atoms with van der Waals surface area (Å²) < 4.78 is 10.7. The number of ether oxygens (including phenoxy) is 2. The summed E-state index contributed by atoms with van der Waals surface area (Å²) >= 11 is 1.86. The minimum Gasteiger partial charge on any atom is -0.497 e. The molecule has 1 aromatic carbocycles. The molecule has 0 amide bonds. The van der Waals surface area contributed by atoms with Gasteiger partial charge in [-0.05, 0) is 35.4 Å². The molecule has 0 saturated heterocycles. The van der Waals surface area contributed by atoms with Crippen molar-refractivity contribution >= 4 is 11.8 Å². The SMILES string of the molecule is COc1ccc(C(CSCc2ccncc2)OC)cc1. The maximum Gasteiger partial charge on any atom is 0.118 e. The first kappa shape index (κ1) is 14.9. The van der Waals surface area contributed by atoms with Gasteiger partial charge in [0.05, 0.1) is 13.2 Å². The molecule has 2 aromatic rings. The van der Waals surface area contributed by atoms with Gasteiger partial charge in [-0.3, -0.25) is 4.98 Å². The third-order valence-electron chi connectivity index (χ3n) is 3.06. The van der Waals surface area contributed by atoms with Crippen LogP contribution in [0, 0.1) is 0 Å². The molecule has 4 heteroatoms. The van der Waals surface area contributed by atoms with Crippen LogP contribution in [0.3, 0.4) is 0 Å². The Morgan fingerprint density at radius 1 is 1.05 bits per heavy atom. The first-order chi connectivity index (χ1) is 9.83. The van der Waals surface area contributed by atoms with Crippen molar-refractivity contribution < 1.29 is 9.47 Å². The highest BCUT2D eigenvalue weighted by Crippen LogP contribution is 2.25. The average Bonchev–Trinajstić information content (AvgIpc) is 2.53. The molecule has 1 heterocycles. The summed E-state index contributed by atoms with van der Waals surface area (Å²) in [6, 6.07) is 12.1. The summed E-state index contributed by atoms with van der Waals surface area (Å²) in [4.78, 5) is 4.02. The Morgan fingerprint density at radius 2 is 1.75 bits per heavy atom. The van der Waals surface area contributed by atoms with Gasteiger partial charge in [0.25, 0.3) is 0 Å². The Morgan fingerprint density at radius 3 is 2.35 bits per heavy atom. The maximum absolute atomic E-state index is 5.57. The van der Waals surface area contributed by atoms with Crippen molar-refractivity contribution in [1.29, 1.82) is 0 Å². The van der Waals surface area contributed by atoms with Crippen molar-refractivity contribution in [3.63, 3.8) is 0 Å². The van der Waals surface area contributed by atoms with Gasteiger partial charge in [-0.15, -0.1) is 0 Å². The second-order valence-corrected chi connectivity index (χ2v) is 5.40. The standard InChI is InChI=1S/C16H19NO2S/c1-18-15-5-3-14(4-6-15)16(19-2)12-20-11-13-7-9-17-10-8-13/h3-10,16H,11-12H2,1-2H3. The topological polar surface area (TPSA) is 31.4 Å². The second-order valence-electron chi connectivity index (χ2n) is 4.37. The highest BCUT2D eigenvalue weighted by Gasteiger charge is 2.10. The fourth-order valence-corrected chi connectivity index (χ4v) is 2.97. The van der Waals surface area contributed by atoms with Gasteiger partial charge < -0.3 is 9.47 Å². The van der Waals surface area contributed by atoms with Gasteiger partial charge in [0.15, 0.2) is 0 Å². The van der Waals surface area contributed by atoms with Crippen LogP contribution in [0.5, 0.6) is 5.75 Å². The molecule has 1 unspecified atom stereocenters. The van der Waals surface area contributed by atoms with Crippen molar-refractivity contribution in [3.05, 3.63) is 59.9 Å². The van der Waals surface area contributed by atoms with Gasteiger partial charge in [0.2, 0.25) is 0 Å². The molecule has 0 aliphatic rings. The Balaban J connectivity index is 1.88. The third kappa shape index (κ3) is 4.25. The molecule has 2 rings (SSSR count). The lowest BCUT2D eigenvalue weighted by molar-refractivity contribution is 0.123. The summed E-state index contributed by atoms with van der Waals surface area (Å²) in [6.07, 6.45) is 3.76. The predicted octanol–water partition coefficient (Wildman–Crippen LogP) is 3.71. The summed E-state index contributed by atoms with van der Waals surface area (Å²) in [7, 11) is 3.43. The largest absolute Gasteiger partial charge is 0.497 e. The zero-order chi connectivity index (χ0) is 14.2. The summed E-state index contributed by atoms with van der Waals surface area (Å²) in [5.41, 5.74) is 2.46. The molecule has 1 atom stereocenters. The third-order valence-corrected chi connectivity index (χ3v) is 4.14. The number of aromatic nitrogens is 1. The molecule has 20 heavy (non-hydrogen) atoms. The molecule has 0 aliphatic heterocycles. The van der Waals surface area contributed by atoms with Crippen molar-refractivity contribution in [1.82, 2.24) is 4.98 Å². The zero-order valence-electron chi connectivity index (χ0n) is 11.8. The van der Waals surface area contributed by atoms with Crippen LogP contribution < -0.4 is 4.74 Å². The number of rotatable bonds is 7. The Hall–Kier alpha value is -1.52. The molecule has 0 spiro atoms. The van der Waals surface area contributed by atoms with E-state index in [9.17, 15) is 0 Å². The number of methoxy groups -OCH3 is 2. The van der Waals surface area contributed by atoms with Crippen LogP contribution in [0.15, 0.2) is 48.8 Å². The zero-order valence-corrected chi connectivity index (χ0v) is 12.6. The van der Waals surface area contributed by atoms with E-state index in [-0.39, 0.29) is 6.10 Å². The lowest BCUT2D eigenvalue weighted by Gasteiger charge is -2.15. The first-order valence-electron chi connectivity index (χ1n) is 6.47. The average molecular weight is 289 g/mol. The molecule has 0 aliphatic carbocycles. The van der Waals surface area contributed by atoms with Gasteiger partial charge in [0.1, 0.15) is 5.75 Å². The van der Waals surface area contributed by atoms with E-state index >= 15 is 0 Å². The van der Waals surface area contributed by atoms with E-state index in [0.29, 0.717) is 0 Å². The minimum absolute atomic E-state index is 0.104. The van der Waals surface area contributed by atoms with Gasteiger partial charge in [0, 0.05) is 31.0 Å². The maximum atomic E-state index is 5.57. The Labute approximate surface area is 124 Å². The number of benzene rings is 1. The first-order valence-corrected chi connectivity index (χ1v) is 7.62. The highest BCUT2D eigenvalue weighted by atomic mass is 32.2. The molecule has 0 fully saturated rings. The quantitative estimate of drug-likeness (QED) is 0.777.